The van der Waals surface area contributed by atoms with Crippen molar-refractivity contribution in [3.8, 4) is 0 Å². The summed E-state index contributed by atoms with van der Waals surface area (Å²) in [6, 6.07) is 9.93. The average molecular weight is 373 g/mol. The first-order chi connectivity index (χ1) is 12.6. The minimum atomic E-state index is -0.360. The highest BCUT2D eigenvalue weighted by Crippen LogP contribution is 2.35. The molecule has 5 nitrogen and oxygen atoms in total. The van der Waals surface area contributed by atoms with Crippen LogP contribution in [0.15, 0.2) is 30.3 Å². The molecule has 0 radical (unpaired) electrons. The number of carbonyl (C=O) groups excluding carboxylic acids is 2. The van der Waals surface area contributed by atoms with Crippen LogP contribution in [0.5, 0.6) is 0 Å². The van der Waals surface area contributed by atoms with E-state index >= 15 is 0 Å². The Morgan fingerprint density at radius 1 is 1.27 bits per heavy atom. The maximum atomic E-state index is 12.4. The molecule has 3 rings (SSSR count). The molecular formula is C20H25N2O3S+. The molecular weight excluding hydrogens is 348 g/mol. The van der Waals surface area contributed by atoms with Crippen molar-refractivity contribution in [2.75, 3.05) is 25.5 Å². The van der Waals surface area contributed by atoms with Crippen molar-refractivity contribution in [1.82, 2.24) is 0 Å². The van der Waals surface area contributed by atoms with Crippen molar-refractivity contribution in [2.45, 2.75) is 32.7 Å². The van der Waals surface area contributed by atoms with E-state index in [4.69, 9.17) is 4.74 Å². The van der Waals surface area contributed by atoms with Gasteiger partial charge < -0.3 is 15.0 Å². The zero-order chi connectivity index (χ0) is 18.5. The van der Waals surface area contributed by atoms with E-state index in [1.165, 1.54) is 28.2 Å². The van der Waals surface area contributed by atoms with Crippen LogP contribution in [-0.4, -0.2) is 32.1 Å². The van der Waals surface area contributed by atoms with Crippen LogP contribution in [0.1, 0.15) is 39.7 Å². The number of amides is 1. The summed E-state index contributed by atoms with van der Waals surface area (Å²) >= 11 is 1.52. The fourth-order valence-corrected chi connectivity index (χ4v) is 4.66. The van der Waals surface area contributed by atoms with Crippen LogP contribution in [0, 0.1) is 0 Å². The van der Waals surface area contributed by atoms with Gasteiger partial charge in [0.25, 0.3) is 0 Å². The number of aryl methyl sites for hydroxylation is 1. The molecule has 0 spiro atoms. The molecule has 0 saturated heterocycles. The summed E-state index contributed by atoms with van der Waals surface area (Å²) in [7, 11) is 1.39. The summed E-state index contributed by atoms with van der Waals surface area (Å²) in [4.78, 5) is 27.4. The lowest BCUT2D eigenvalue weighted by molar-refractivity contribution is -0.913. The quantitative estimate of drug-likeness (QED) is 0.762. The molecule has 1 aromatic heterocycles. The van der Waals surface area contributed by atoms with E-state index in [0.717, 1.165) is 37.2 Å². The van der Waals surface area contributed by atoms with Crippen molar-refractivity contribution >= 4 is 28.2 Å². The number of thiophene rings is 1. The van der Waals surface area contributed by atoms with E-state index in [0.29, 0.717) is 23.4 Å². The lowest BCUT2D eigenvalue weighted by Crippen LogP contribution is -3.11. The Morgan fingerprint density at radius 2 is 2.04 bits per heavy atom. The molecule has 2 heterocycles. The molecule has 26 heavy (non-hydrogen) atoms. The molecule has 1 aromatic carbocycles. The maximum Gasteiger partial charge on any atom is 0.341 e. The number of hydrogen-bond donors (Lipinski definition) is 2. The van der Waals surface area contributed by atoms with E-state index in [-0.39, 0.29) is 11.9 Å². The first kappa shape index (κ1) is 18.6. The fraction of sp³-hybridized carbons (Fsp3) is 0.400. The minimum absolute atomic E-state index is 0.0719. The predicted molar refractivity (Wildman–Crippen MR) is 103 cm³/mol. The van der Waals surface area contributed by atoms with Gasteiger partial charge >= 0.3 is 5.97 Å². The Bertz CT molecular complexity index is 786. The molecule has 1 atom stereocenters. The van der Waals surface area contributed by atoms with Crippen LogP contribution in [0.2, 0.25) is 0 Å². The van der Waals surface area contributed by atoms with Gasteiger partial charge in [-0.2, -0.15) is 0 Å². The highest BCUT2D eigenvalue weighted by atomic mass is 32.1. The van der Waals surface area contributed by atoms with Gasteiger partial charge in [0, 0.05) is 12.8 Å². The molecule has 2 N–H and O–H groups in total. The summed E-state index contributed by atoms with van der Waals surface area (Å²) in [5.41, 5.74) is 2.73. The third kappa shape index (κ3) is 4.14. The third-order valence-corrected chi connectivity index (χ3v) is 6.00. The zero-order valence-electron chi connectivity index (χ0n) is 15.3. The molecule has 6 heteroatoms. The molecule has 0 aliphatic carbocycles. The van der Waals surface area contributed by atoms with Gasteiger partial charge in [0.2, 0.25) is 5.91 Å². The van der Waals surface area contributed by atoms with E-state index in [9.17, 15) is 9.59 Å². The number of rotatable bonds is 6. The van der Waals surface area contributed by atoms with Gasteiger partial charge in [0.15, 0.2) is 0 Å². The Kier molecular flexibility index (Phi) is 6.06. The van der Waals surface area contributed by atoms with Gasteiger partial charge in [-0.3, -0.25) is 4.79 Å². The highest BCUT2D eigenvalue weighted by Gasteiger charge is 2.30. The number of carbonyl (C=O) groups is 2. The summed E-state index contributed by atoms with van der Waals surface area (Å²) in [6.45, 7) is 5.14. The highest BCUT2D eigenvalue weighted by molar-refractivity contribution is 7.17. The Morgan fingerprint density at radius 3 is 2.73 bits per heavy atom. The number of fused-ring (bicyclic) bond motifs is 1. The smallest absolute Gasteiger partial charge is 0.341 e. The van der Waals surface area contributed by atoms with Crippen molar-refractivity contribution in [3.05, 3.63) is 51.9 Å². The number of methoxy groups -OCH3 is 1. The number of anilines is 1. The van der Waals surface area contributed by atoms with Crippen molar-refractivity contribution in [2.24, 2.45) is 0 Å². The average Bonchev–Trinajstić information content (AvgIpc) is 3.03. The molecule has 2 aromatic rings. The van der Waals surface area contributed by atoms with Gasteiger partial charge in [-0.1, -0.05) is 30.3 Å². The molecule has 1 aliphatic heterocycles. The van der Waals surface area contributed by atoms with E-state index < -0.39 is 0 Å². The molecule has 0 fully saturated rings. The standard InChI is InChI=1S/C20H24N2O3S/c1-3-22-12-11-15-16(13-22)26-19(18(15)20(24)25-2)21-17(23)10-9-14-7-5-4-6-8-14/h4-8H,3,9-13H2,1-2H3,(H,21,23)/p+1. The summed E-state index contributed by atoms with van der Waals surface area (Å²) in [5.74, 6) is -0.432. The van der Waals surface area contributed by atoms with Crippen molar-refractivity contribution < 1.29 is 19.2 Å². The monoisotopic (exact) mass is 373 g/mol. The first-order valence-electron chi connectivity index (χ1n) is 9.02. The summed E-state index contributed by atoms with van der Waals surface area (Å²) in [6.07, 6.45) is 1.91. The molecule has 1 aliphatic rings. The van der Waals surface area contributed by atoms with Crippen molar-refractivity contribution in [1.29, 1.82) is 0 Å². The van der Waals surface area contributed by atoms with Crippen LogP contribution in [0.4, 0.5) is 5.00 Å². The van der Waals surface area contributed by atoms with Crippen LogP contribution in [0.25, 0.3) is 0 Å². The number of quaternary nitrogens is 1. The van der Waals surface area contributed by atoms with Crippen LogP contribution >= 0.6 is 11.3 Å². The van der Waals surface area contributed by atoms with Crippen molar-refractivity contribution in [3.63, 3.8) is 0 Å². The lowest BCUT2D eigenvalue weighted by Gasteiger charge is -2.22. The number of esters is 1. The number of ether oxygens (including phenoxy) is 1. The fourth-order valence-electron chi connectivity index (χ4n) is 3.34. The lowest BCUT2D eigenvalue weighted by atomic mass is 10.0. The zero-order valence-corrected chi connectivity index (χ0v) is 16.1. The number of benzene rings is 1. The maximum absolute atomic E-state index is 12.4. The van der Waals surface area contributed by atoms with Crippen LogP contribution < -0.4 is 10.2 Å². The van der Waals surface area contributed by atoms with Gasteiger partial charge in [-0.15, -0.1) is 11.3 Å². The normalized spacial score (nSPS) is 16.0. The summed E-state index contributed by atoms with van der Waals surface area (Å²) in [5, 5.41) is 3.59. The predicted octanol–water partition coefficient (Wildman–Crippen LogP) is 2.07. The minimum Gasteiger partial charge on any atom is -0.465 e. The molecule has 1 unspecified atom stereocenters. The Balaban J connectivity index is 1.75. The van der Waals surface area contributed by atoms with E-state index in [2.05, 4.69) is 12.2 Å². The molecule has 1 amide bonds. The summed E-state index contributed by atoms with van der Waals surface area (Å²) < 4.78 is 4.98. The van der Waals surface area contributed by atoms with E-state index in [1.54, 1.807) is 0 Å². The van der Waals surface area contributed by atoms with Crippen LogP contribution in [0.3, 0.4) is 0 Å². The Labute approximate surface area is 158 Å². The Hall–Kier alpha value is -2.18. The molecule has 0 saturated carbocycles. The second-order valence-corrected chi connectivity index (χ2v) is 7.62. The van der Waals surface area contributed by atoms with Gasteiger partial charge in [-0.05, 0) is 24.5 Å². The number of likely N-dealkylation sites (N-methyl/N-ethyl adjacent to an activating group) is 1. The third-order valence-electron chi connectivity index (χ3n) is 4.86. The second kappa shape index (κ2) is 8.47. The number of nitrogens with one attached hydrogen (secondary N) is 2. The van der Waals surface area contributed by atoms with Gasteiger partial charge in [-0.25, -0.2) is 4.79 Å². The molecule has 0 bridgehead atoms. The van der Waals surface area contributed by atoms with Gasteiger partial charge in [0.05, 0.1) is 30.6 Å². The number of hydrogen-bond acceptors (Lipinski definition) is 4. The van der Waals surface area contributed by atoms with E-state index in [1.807, 2.05) is 30.3 Å². The SMILES string of the molecule is CC[NH+]1CCc2c(sc(NC(=O)CCc3ccccc3)c2C(=O)OC)C1. The second-order valence-electron chi connectivity index (χ2n) is 6.51. The molecule has 138 valence electrons. The first-order valence-corrected chi connectivity index (χ1v) is 9.84. The van der Waals surface area contributed by atoms with Crippen LogP contribution in [-0.2, 0) is 28.9 Å². The van der Waals surface area contributed by atoms with Gasteiger partial charge in [0.1, 0.15) is 11.5 Å². The topological polar surface area (TPSA) is 59.8 Å². The largest absolute Gasteiger partial charge is 0.465 e.